The number of anilines is 2. The summed E-state index contributed by atoms with van der Waals surface area (Å²) in [5, 5.41) is 23.9. The molecule has 1 aliphatic heterocycles. The quantitative estimate of drug-likeness (QED) is 0.475. The number of aliphatic hydroxyl groups is 1. The molecule has 0 spiro atoms. The molecule has 1 atom stereocenters. The lowest BCUT2D eigenvalue weighted by Crippen LogP contribution is -2.45. The van der Waals surface area contributed by atoms with Crippen molar-refractivity contribution in [1.29, 1.82) is 0 Å². The van der Waals surface area contributed by atoms with Crippen LogP contribution in [-0.2, 0) is 5.41 Å². The van der Waals surface area contributed by atoms with Gasteiger partial charge in [-0.2, -0.15) is 0 Å². The van der Waals surface area contributed by atoms with Crippen LogP contribution in [0.5, 0.6) is 0 Å². The van der Waals surface area contributed by atoms with E-state index >= 15 is 0 Å². The van der Waals surface area contributed by atoms with E-state index in [9.17, 15) is 9.90 Å². The molecule has 194 valence electrons. The highest BCUT2D eigenvalue weighted by molar-refractivity contribution is 5.87. The summed E-state index contributed by atoms with van der Waals surface area (Å²) in [6.07, 6.45) is 0.128. The molecule has 0 bridgehead atoms. The van der Waals surface area contributed by atoms with Crippen molar-refractivity contribution in [3.05, 3.63) is 58.7 Å². The molecular weight excluding hydrogens is 450 g/mol. The van der Waals surface area contributed by atoms with Gasteiger partial charge in [-0.1, -0.05) is 46.5 Å². The summed E-state index contributed by atoms with van der Waals surface area (Å²) in [4.78, 5) is 15.9. The van der Waals surface area contributed by atoms with Crippen molar-refractivity contribution in [1.82, 2.24) is 4.90 Å². The Morgan fingerprint density at radius 3 is 2.28 bits per heavy atom. The van der Waals surface area contributed by atoms with Crippen molar-refractivity contribution >= 4 is 17.3 Å². The van der Waals surface area contributed by atoms with Crippen molar-refractivity contribution in [2.24, 2.45) is 5.92 Å². The van der Waals surface area contributed by atoms with E-state index in [-0.39, 0.29) is 11.0 Å². The second kappa shape index (κ2) is 11.8. The Kier molecular flexibility index (Phi) is 9.05. The minimum Gasteiger partial charge on any atom is -0.478 e. The van der Waals surface area contributed by atoms with Crippen LogP contribution in [0.4, 0.5) is 11.4 Å². The predicted molar refractivity (Wildman–Crippen MR) is 148 cm³/mol. The molecule has 1 unspecified atom stereocenters. The van der Waals surface area contributed by atoms with Gasteiger partial charge < -0.3 is 25.3 Å². The molecule has 0 aromatic heterocycles. The Morgan fingerprint density at radius 1 is 1.08 bits per heavy atom. The molecule has 3 N–H and O–H groups in total. The lowest BCUT2D eigenvalue weighted by molar-refractivity contribution is 0.0697. The summed E-state index contributed by atoms with van der Waals surface area (Å²) in [5.41, 5.74) is 4.98. The topological polar surface area (TPSA) is 76.0 Å². The number of carbonyl (C=O) groups is 1. The first-order valence-corrected chi connectivity index (χ1v) is 12.8. The monoisotopic (exact) mass is 491 g/mol. The van der Waals surface area contributed by atoms with Gasteiger partial charge in [-0.3, -0.25) is 0 Å². The first-order chi connectivity index (χ1) is 17.0. The summed E-state index contributed by atoms with van der Waals surface area (Å²) in [6, 6.07) is 10.6. The van der Waals surface area contributed by atoms with Gasteiger partial charge in [-0.05, 0) is 72.3 Å². The summed E-state index contributed by atoms with van der Waals surface area (Å²) in [5.74, 6) is 5.62. The minimum atomic E-state index is -0.970. The molecule has 2 aromatic rings. The van der Waals surface area contributed by atoms with Crippen LogP contribution in [-0.4, -0.2) is 60.9 Å². The lowest BCUT2D eigenvalue weighted by atomic mass is 9.83. The van der Waals surface area contributed by atoms with Crippen LogP contribution < -0.4 is 10.2 Å². The molecule has 0 radical (unpaired) electrons. The molecule has 1 aliphatic rings. The number of nitrogens with one attached hydrogen (secondary N) is 1. The number of aliphatic hydroxyl groups excluding tert-OH is 1. The van der Waals surface area contributed by atoms with Gasteiger partial charge in [0.2, 0.25) is 0 Å². The number of hydrogen-bond donors (Lipinski definition) is 3. The van der Waals surface area contributed by atoms with Gasteiger partial charge in [0.05, 0.1) is 16.9 Å². The Hall–Kier alpha value is -3.01. The zero-order chi connectivity index (χ0) is 26.5. The number of piperazine rings is 1. The van der Waals surface area contributed by atoms with E-state index in [4.69, 9.17) is 5.11 Å². The highest BCUT2D eigenvalue weighted by Crippen LogP contribution is 2.40. The van der Waals surface area contributed by atoms with Gasteiger partial charge in [-0.25, -0.2) is 4.79 Å². The molecule has 1 heterocycles. The van der Waals surface area contributed by atoms with Gasteiger partial charge in [-0.15, -0.1) is 0 Å². The highest BCUT2D eigenvalue weighted by atomic mass is 16.4. The van der Waals surface area contributed by atoms with Gasteiger partial charge >= 0.3 is 5.97 Å². The Morgan fingerprint density at radius 2 is 1.72 bits per heavy atom. The van der Waals surface area contributed by atoms with Crippen LogP contribution in [0.3, 0.4) is 0 Å². The molecule has 6 nitrogen and oxygen atoms in total. The van der Waals surface area contributed by atoms with E-state index in [1.165, 1.54) is 17.7 Å². The third-order valence-electron chi connectivity index (χ3n) is 6.62. The molecule has 0 aliphatic carbocycles. The summed E-state index contributed by atoms with van der Waals surface area (Å²) >= 11 is 0. The van der Waals surface area contributed by atoms with E-state index in [1.807, 2.05) is 0 Å². The third-order valence-corrected chi connectivity index (χ3v) is 6.62. The maximum Gasteiger partial charge on any atom is 0.335 e. The fraction of sp³-hybridized carbons (Fsp3) is 0.500. The molecule has 6 heteroatoms. The number of hydrogen-bond acceptors (Lipinski definition) is 5. The van der Waals surface area contributed by atoms with Crippen molar-refractivity contribution in [2.75, 3.05) is 50.0 Å². The van der Waals surface area contributed by atoms with Crippen LogP contribution in [0, 0.1) is 17.8 Å². The number of benzene rings is 2. The van der Waals surface area contributed by atoms with Gasteiger partial charge in [0.15, 0.2) is 0 Å². The molecule has 0 amide bonds. The Balaban J connectivity index is 2.00. The lowest BCUT2D eigenvalue weighted by Gasteiger charge is -2.37. The van der Waals surface area contributed by atoms with Crippen LogP contribution in [0.25, 0.3) is 0 Å². The first-order valence-electron chi connectivity index (χ1n) is 12.8. The Bertz CT molecular complexity index is 1100. The average Bonchev–Trinajstić information content (AvgIpc) is 2.82. The fourth-order valence-electron chi connectivity index (χ4n) is 4.30. The second-order valence-electron chi connectivity index (χ2n) is 11.2. The highest BCUT2D eigenvalue weighted by Gasteiger charge is 2.26. The standard InChI is InChI=1S/C30H41N3O3/c1-21(2)13-14-31-28-25(30(3,4)5)19-24(20-26(28)33-17-15-32(6)16-18-33)27(34)12-9-22-7-10-23(11-8-22)29(35)36/h7-8,10-11,19-21,27,31,34H,13-18H2,1-6H3,(H,35,36). The molecule has 0 saturated carbocycles. The smallest absolute Gasteiger partial charge is 0.335 e. The summed E-state index contributed by atoms with van der Waals surface area (Å²) in [6.45, 7) is 15.8. The average molecular weight is 492 g/mol. The molecule has 1 saturated heterocycles. The third kappa shape index (κ3) is 7.25. The van der Waals surface area contributed by atoms with E-state index in [1.54, 1.807) is 12.1 Å². The fourth-order valence-corrected chi connectivity index (χ4v) is 4.30. The minimum absolute atomic E-state index is 0.128. The van der Waals surface area contributed by atoms with Crippen LogP contribution in [0.2, 0.25) is 0 Å². The maximum atomic E-state index is 11.1. The number of likely N-dealkylation sites (N-methyl/N-ethyl adjacent to an activating group) is 1. The predicted octanol–water partition coefficient (Wildman–Crippen LogP) is 4.98. The van der Waals surface area contributed by atoms with E-state index in [0.29, 0.717) is 11.5 Å². The Labute approximate surface area is 216 Å². The molecule has 3 rings (SSSR count). The molecule has 2 aromatic carbocycles. The summed E-state index contributed by atoms with van der Waals surface area (Å²) < 4.78 is 0. The first kappa shape index (κ1) is 27.6. The van der Waals surface area contributed by atoms with Crippen molar-refractivity contribution in [2.45, 2.75) is 52.6 Å². The van der Waals surface area contributed by atoms with E-state index < -0.39 is 12.1 Å². The van der Waals surface area contributed by atoms with Gasteiger partial charge in [0.1, 0.15) is 6.10 Å². The maximum absolute atomic E-state index is 11.1. The van der Waals surface area contributed by atoms with E-state index in [2.05, 4.69) is 80.8 Å². The van der Waals surface area contributed by atoms with Gasteiger partial charge in [0.25, 0.3) is 0 Å². The number of nitrogens with zero attached hydrogens (tertiary/aromatic N) is 2. The SMILES string of the molecule is CC(C)CCNc1c(N2CCN(C)CC2)cc(C(O)C#Cc2ccc(C(=O)O)cc2)cc1C(C)(C)C. The van der Waals surface area contributed by atoms with Crippen LogP contribution >= 0.6 is 0 Å². The summed E-state index contributed by atoms with van der Waals surface area (Å²) in [7, 11) is 2.15. The number of carboxylic acid groups (broad SMARTS) is 1. The normalized spacial score (nSPS) is 15.4. The van der Waals surface area contributed by atoms with Crippen molar-refractivity contribution in [3.8, 4) is 11.8 Å². The zero-order valence-corrected chi connectivity index (χ0v) is 22.6. The number of carboxylic acids is 1. The van der Waals surface area contributed by atoms with Gasteiger partial charge in [0, 0.05) is 38.3 Å². The molecule has 1 fully saturated rings. The number of aromatic carboxylic acids is 1. The van der Waals surface area contributed by atoms with E-state index in [0.717, 1.165) is 56.1 Å². The van der Waals surface area contributed by atoms with Crippen LogP contribution in [0.1, 0.15) is 74.2 Å². The second-order valence-corrected chi connectivity index (χ2v) is 11.2. The molecule has 36 heavy (non-hydrogen) atoms. The largest absolute Gasteiger partial charge is 0.478 e. The van der Waals surface area contributed by atoms with Crippen molar-refractivity contribution in [3.63, 3.8) is 0 Å². The van der Waals surface area contributed by atoms with Crippen LogP contribution in [0.15, 0.2) is 36.4 Å². The molecular formula is C30H41N3O3. The number of rotatable bonds is 7. The zero-order valence-electron chi connectivity index (χ0n) is 22.6. The van der Waals surface area contributed by atoms with Crippen molar-refractivity contribution < 1.29 is 15.0 Å².